The zero-order valence-electron chi connectivity index (χ0n) is 54.5. The zero-order valence-corrected chi connectivity index (χ0v) is 56.3. The smallest absolute Gasteiger partial charge is 0.462 e. The van der Waals surface area contributed by atoms with Gasteiger partial charge >= 0.3 is 39.5 Å². The number of rotatable bonds is 62. The molecule has 0 aromatic heterocycles. The normalized spacial score (nSPS) is 15.1. The number of ether oxygens (including phenoxy) is 4. The van der Waals surface area contributed by atoms with E-state index >= 15 is 0 Å². The van der Waals surface area contributed by atoms with Gasteiger partial charge in [0.05, 0.1) is 26.4 Å². The first kappa shape index (κ1) is 82.1. The van der Waals surface area contributed by atoms with Crippen LogP contribution in [0.5, 0.6) is 0 Å². The van der Waals surface area contributed by atoms with Crippen molar-refractivity contribution in [3.05, 3.63) is 0 Å². The fourth-order valence-electron chi connectivity index (χ4n) is 9.54. The van der Waals surface area contributed by atoms with Crippen LogP contribution in [0, 0.1) is 23.7 Å². The first-order valence-electron chi connectivity index (χ1n) is 33.8. The maximum absolute atomic E-state index is 13.0. The molecule has 84 heavy (non-hydrogen) atoms. The molecule has 0 bridgehead atoms. The van der Waals surface area contributed by atoms with E-state index in [1.807, 2.05) is 0 Å². The number of esters is 4. The van der Waals surface area contributed by atoms with E-state index < -0.39 is 97.5 Å². The molecule has 498 valence electrons. The van der Waals surface area contributed by atoms with Crippen LogP contribution in [0.2, 0.25) is 0 Å². The monoisotopic (exact) mass is 1240 g/mol. The summed E-state index contributed by atoms with van der Waals surface area (Å²) in [4.78, 5) is 72.3. The molecule has 0 aliphatic carbocycles. The Morgan fingerprint density at radius 3 is 0.845 bits per heavy atom. The highest BCUT2D eigenvalue weighted by Crippen LogP contribution is 2.45. The second kappa shape index (κ2) is 55.2. The summed E-state index contributed by atoms with van der Waals surface area (Å²) >= 11 is 0. The van der Waals surface area contributed by atoms with Gasteiger partial charge in [-0.3, -0.25) is 37.3 Å². The topological polar surface area (TPSA) is 237 Å². The molecule has 0 aromatic rings. The summed E-state index contributed by atoms with van der Waals surface area (Å²) < 4.78 is 68.0. The van der Waals surface area contributed by atoms with Crippen LogP contribution in [0.3, 0.4) is 0 Å². The van der Waals surface area contributed by atoms with E-state index in [0.29, 0.717) is 31.6 Å². The summed E-state index contributed by atoms with van der Waals surface area (Å²) in [5.41, 5.74) is 0. The number of aliphatic hydroxyl groups excluding tert-OH is 1. The van der Waals surface area contributed by atoms with E-state index in [2.05, 4.69) is 55.4 Å². The third-order valence-corrected chi connectivity index (χ3v) is 17.4. The van der Waals surface area contributed by atoms with Crippen molar-refractivity contribution >= 4 is 39.5 Å². The van der Waals surface area contributed by atoms with Gasteiger partial charge in [0.15, 0.2) is 12.2 Å². The van der Waals surface area contributed by atoms with Gasteiger partial charge in [0.2, 0.25) is 0 Å². The zero-order chi connectivity index (χ0) is 62.5. The molecule has 0 aliphatic heterocycles. The fraction of sp³-hybridized carbons (Fsp3) is 0.938. The maximum atomic E-state index is 13.0. The molecule has 0 fully saturated rings. The molecule has 7 atom stereocenters. The Balaban J connectivity index is 5.27. The third-order valence-electron chi connectivity index (χ3n) is 15.5. The van der Waals surface area contributed by atoms with E-state index in [4.69, 9.17) is 37.0 Å². The Morgan fingerprint density at radius 2 is 0.571 bits per heavy atom. The molecule has 0 rings (SSSR count). The van der Waals surface area contributed by atoms with Crippen molar-refractivity contribution in [1.29, 1.82) is 0 Å². The van der Waals surface area contributed by atoms with Crippen LogP contribution < -0.4 is 0 Å². The highest BCUT2D eigenvalue weighted by atomic mass is 31.2. The average Bonchev–Trinajstić information content (AvgIpc) is 3.51. The lowest BCUT2D eigenvalue weighted by Gasteiger charge is -2.21. The van der Waals surface area contributed by atoms with Crippen LogP contribution in [0.25, 0.3) is 0 Å². The largest absolute Gasteiger partial charge is 0.472 e. The first-order chi connectivity index (χ1) is 40.2. The molecule has 5 unspecified atom stereocenters. The second-order valence-corrected chi connectivity index (χ2v) is 27.8. The lowest BCUT2D eigenvalue weighted by Crippen LogP contribution is -2.30. The summed E-state index contributed by atoms with van der Waals surface area (Å²) in [5.74, 6) is 0.797. The predicted molar refractivity (Wildman–Crippen MR) is 335 cm³/mol. The predicted octanol–water partition coefficient (Wildman–Crippen LogP) is 17.8. The van der Waals surface area contributed by atoms with Crippen LogP contribution in [-0.2, 0) is 65.4 Å². The van der Waals surface area contributed by atoms with Crippen molar-refractivity contribution in [3.63, 3.8) is 0 Å². The highest BCUT2D eigenvalue weighted by molar-refractivity contribution is 7.47. The van der Waals surface area contributed by atoms with Gasteiger partial charge < -0.3 is 33.8 Å². The third kappa shape index (κ3) is 56.6. The number of hydrogen-bond donors (Lipinski definition) is 3. The molecular weight excluding hydrogens is 1110 g/mol. The number of carbonyl (C=O) groups is 4. The first-order valence-corrected chi connectivity index (χ1v) is 36.8. The molecule has 0 saturated carbocycles. The van der Waals surface area contributed by atoms with Gasteiger partial charge in [-0.15, -0.1) is 0 Å². The molecule has 0 amide bonds. The van der Waals surface area contributed by atoms with Crippen LogP contribution in [-0.4, -0.2) is 96.7 Å². The van der Waals surface area contributed by atoms with Crippen LogP contribution in [0.4, 0.5) is 0 Å². The summed E-state index contributed by atoms with van der Waals surface area (Å²) in [5, 5.41) is 10.5. The van der Waals surface area contributed by atoms with Crippen molar-refractivity contribution in [2.24, 2.45) is 23.7 Å². The van der Waals surface area contributed by atoms with E-state index in [-0.39, 0.29) is 25.7 Å². The minimum Gasteiger partial charge on any atom is -0.462 e. The van der Waals surface area contributed by atoms with Gasteiger partial charge in [-0.05, 0) is 49.4 Å². The van der Waals surface area contributed by atoms with Gasteiger partial charge in [0, 0.05) is 25.7 Å². The SMILES string of the molecule is CCC(C)CCCCCCCCCCC(=O)O[C@H](COC(=O)CCCCCCCCCCCC(C)C)COP(=O)(O)OCC(O)COP(=O)(O)OC[C@@H](COC(=O)CCCCCCCCCC(C)C)OC(=O)CCCCCCCCC(C)CC. The lowest BCUT2D eigenvalue weighted by atomic mass is 9.99. The Morgan fingerprint density at radius 1 is 0.333 bits per heavy atom. The average molecular weight is 1240 g/mol. The van der Waals surface area contributed by atoms with Crippen molar-refractivity contribution in [1.82, 2.24) is 0 Å². The number of hydrogen-bond acceptors (Lipinski definition) is 15. The summed E-state index contributed by atoms with van der Waals surface area (Å²) in [7, 11) is -9.89. The minimum absolute atomic E-state index is 0.101. The Kier molecular flexibility index (Phi) is 53.9. The van der Waals surface area contributed by atoms with Gasteiger partial charge in [-0.1, -0.05) is 261 Å². The van der Waals surface area contributed by atoms with Gasteiger partial charge in [0.25, 0.3) is 0 Å². The van der Waals surface area contributed by atoms with E-state index in [9.17, 15) is 43.2 Å². The maximum Gasteiger partial charge on any atom is 0.472 e. The lowest BCUT2D eigenvalue weighted by molar-refractivity contribution is -0.161. The van der Waals surface area contributed by atoms with Crippen molar-refractivity contribution < 1.29 is 80.2 Å². The number of carbonyl (C=O) groups excluding carboxylic acids is 4. The molecule has 0 heterocycles. The summed E-state index contributed by atoms with van der Waals surface area (Å²) in [6, 6.07) is 0. The van der Waals surface area contributed by atoms with Crippen molar-refractivity contribution in [3.8, 4) is 0 Å². The van der Waals surface area contributed by atoms with Crippen LogP contribution in [0.1, 0.15) is 312 Å². The van der Waals surface area contributed by atoms with Gasteiger partial charge in [0.1, 0.15) is 19.3 Å². The van der Waals surface area contributed by atoms with Gasteiger partial charge in [-0.2, -0.15) is 0 Å². The number of unbranched alkanes of at least 4 members (excludes halogenated alkanes) is 26. The number of phosphoric ester groups is 2. The van der Waals surface area contributed by atoms with Crippen LogP contribution in [0.15, 0.2) is 0 Å². The molecule has 0 aromatic carbocycles. The summed E-state index contributed by atoms with van der Waals surface area (Å²) in [6.45, 7) is 14.0. The van der Waals surface area contributed by atoms with Crippen molar-refractivity contribution in [2.75, 3.05) is 39.6 Å². The molecular formula is C65H126O17P2. The summed E-state index contributed by atoms with van der Waals surface area (Å²) in [6.07, 6.45) is 34.9. The molecule has 0 radical (unpaired) electrons. The quantitative estimate of drug-likeness (QED) is 0.0222. The van der Waals surface area contributed by atoms with Gasteiger partial charge in [-0.25, -0.2) is 9.13 Å². The minimum atomic E-state index is -4.95. The molecule has 0 saturated heterocycles. The highest BCUT2D eigenvalue weighted by Gasteiger charge is 2.30. The molecule has 19 heteroatoms. The number of phosphoric acid groups is 2. The number of aliphatic hydroxyl groups is 1. The standard InChI is InChI=1S/C65H126O17P2/c1-9-57(7)43-35-27-19-14-15-21-31-39-47-64(69)81-60(51-75-62(67)45-37-29-20-13-11-12-17-25-33-41-55(3)4)53-79-83(71,72)77-49-59(66)50-78-84(73,74)80-54-61(82-65(70)48-40-32-24-23-28-36-44-58(8)10-2)52-76-63(68)46-38-30-22-16-18-26-34-42-56(5)6/h55-61,66H,9-54H2,1-8H3,(H,71,72)(H,73,74)/t57?,58?,59?,60-,61-/m1/s1. The molecule has 0 spiro atoms. The molecule has 0 aliphatic rings. The second-order valence-electron chi connectivity index (χ2n) is 24.9. The Labute approximate surface area is 511 Å². The van der Waals surface area contributed by atoms with E-state index in [1.54, 1.807) is 0 Å². The Hall–Kier alpha value is -1.94. The van der Waals surface area contributed by atoms with E-state index in [1.165, 1.54) is 109 Å². The molecule has 3 N–H and O–H groups in total. The fourth-order valence-corrected chi connectivity index (χ4v) is 11.1. The van der Waals surface area contributed by atoms with Crippen molar-refractivity contribution in [2.45, 2.75) is 331 Å². The molecule has 17 nitrogen and oxygen atoms in total. The van der Waals surface area contributed by atoms with Crippen LogP contribution >= 0.6 is 15.6 Å². The van der Waals surface area contributed by atoms with E-state index in [0.717, 1.165) is 114 Å². The Bertz CT molecular complexity index is 1680.